The second kappa shape index (κ2) is 7.45. The van der Waals surface area contributed by atoms with Crippen LogP contribution in [0.4, 0.5) is 0 Å². The van der Waals surface area contributed by atoms with Crippen LogP contribution in [0.2, 0.25) is 0 Å². The highest BCUT2D eigenvalue weighted by atomic mass is 32.2. The number of benzene rings is 1. The Kier molecular flexibility index (Phi) is 5.24. The summed E-state index contributed by atoms with van der Waals surface area (Å²) in [6.45, 7) is 1.77. The van der Waals surface area contributed by atoms with Crippen LogP contribution < -0.4 is 11.1 Å². The number of amides is 2. The molecule has 1 fully saturated rings. The standard InChI is InChI=1S/C18H19N3O5S/c1-2-3-10-8-27-17-13(16(24)21(17)14(10)18(25)26)20-15(23)12(19)9-4-6-11(22)7-5-9/h2-7,12-13,17,22H,8,19H2,1H3,(H,20,23)(H,25,26)/b3-2+/t12-,13+,17+/m1/s1. The van der Waals surface area contributed by atoms with E-state index in [-0.39, 0.29) is 11.4 Å². The molecule has 1 aromatic carbocycles. The molecular formula is C18H19N3O5S. The van der Waals surface area contributed by atoms with Gasteiger partial charge >= 0.3 is 5.97 Å². The average Bonchev–Trinajstić information content (AvgIpc) is 2.65. The first kappa shape index (κ1) is 19.0. The maximum absolute atomic E-state index is 12.5. The predicted molar refractivity (Wildman–Crippen MR) is 99.5 cm³/mol. The molecule has 8 nitrogen and oxygen atoms in total. The van der Waals surface area contributed by atoms with E-state index in [4.69, 9.17) is 5.73 Å². The number of phenols is 1. The lowest BCUT2D eigenvalue weighted by Crippen LogP contribution is -2.71. The van der Waals surface area contributed by atoms with Gasteiger partial charge in [0.1, 0.15) is 28.9 Å². The van der Waals surface area contributed by atoms with Gasteiger partial charge in [0, 0.05) is 5.75 Å². The van der Waals surface area contributed by atoms with Crippen molar-refractivity contribution in [1.82, 2.24) is 10.2 Å². The number of carbonyl (C=O) groups is 3. The van der Waals surface area contributed by atoms with Gasteiger partial charge in [0.05, 0.1) is 0 Å². The van der Waals surface area contributed by atoms with Crippen LogP contribution in [0.1, 0.15) is 18.5 Å². The number of nitrogens with one attached hydrogen (secondary N) is 1. The molecule has 27 heavy (non-hydrogen) atoms. The predicted octanol–water partition coefficient (Wildman–Crippen LogP) is 0.707. The first-order valence-corrected chi connectivity index (χ1v) is 9.28. The second-order valence-electron chi connectivity index (χ2n) is 6.14. The van der Waals surface area contributed by atoms with Crippen molar-refractivity contribution >= 4 is 29.5 Å². The third-order valence-corrected chi connectivity index (χ3v) is 5.70. The van der Waals surface area contributed by atoms with Gasteiger partial charge in [-0.3, -0.25) is 14.5 Å². The van der Waals surface area contributed by atoms with E-state index in [1.165, 1.54) is 40.9 Å². The fraction of sp³-hybridized carbons (Fsp3) is 0.278. The third-order valence-electron chi connectivity index (χ3n) is 4.40. The molecular weight excluding hydrogens is 370 g/mol. The van der Waals surface area contributed by atoms with Crippen molar-refractivity contribution in [2.24, 2.45) is 5.73 Å². The molecule has 1 saturated heterocycles. The third kappa shape index (κ3) is 3.43. The van der Waals surface area contributed by atoms with Crippen LogP contribution in [0.15, 0.2) is 47.7 Å². The number of carbonyl (C=O) groups excluding carboxylic acids is 2. The van der Waals surface area contributed by atoms with E-state index in [2.05, 4.69) is 5.32 Å². The number of hydrogen-bond acceptors (Lipinski definition) is 6. The molecule has 3 atom stereocenters. The molecule has 0 unspecified atom stereocenters. The molecule has 9 heteroatoms. The number of aromatic hydroxyl groups is 1. The number of allylic oxidation sites excluding steroid dienone is 2. The highest BCUT2D eigenvalue weighted by Crippen LogP contribution is 2.40. The van der Waals surface area contributed by atoms with Crippen LogP contribution in [-0.2, 0) is 14.4 Å². The van der Waals surface area contributed by atoms with Crippen molar-refractivity contribution in [3.63, 3.8) is 0 Å². The van der Waals surface area contributed by atoms with E-state index in [0.29, 0.717) is 16.9 Å². The number of hydrogen-bond donors (Lipinski definition) is 4. The fourth-order valence-electron chi connectivity index (χ4n) is 3.05. The zero-order valence-electron chi connectivity index (χ0n) is 14.5. The molecule has 2 heterocycles. The summed E-state index contributed by atoms with van der Waals surface area (Å²) in [6, 6.07) is 4.06. The number of β-lactam (4-membered cyclic amide) rings is 1. The molecule has 0 saturated carbocycles. The van der Waals surface area contributed by atoms with E-state index in [1.54, 1.807) is 19.1 Å². The normalized spacial score (nSPS) is 23.0. The summed E-state index contributed by atoms with van der Waals surface area (Å²) in [5.41, 5.74) is 6.93. The van der Waals surface area contributed by atoms with Crippen molar-refractivity contribution in [2.45, 2.75) is 24.4 Å². The molecule has 0 bridgehead atoms. The number of thioether (sulfide) groups is 1. The molecule has 0 aromatic heterocycles. The largest absolute Gasteiger partial charge is 0.508 e. The van der Waals surface area contributed by atoms with Gasteiger partial charge in [-0.05, 0) is 30.2 Å². The molecule has 2 aliphatic heterocycles. The molecule has 5 N–H and O–H groups in total. The van der Waals surface area contributed by atoms with Crippen molar-refractivity contribution in [1.29, 1.82) is 0 Å². The monoisotopic (exact) mass is 389 g/mol. The minimum absolute atomic E-state index is 0.0461. The van der Waals surface area contributed by atoms with E-state index >= 15 is 0 Å². The molecule has 2 aliphatic rings. The molecule has 0 spiro atoms. The second-order valence-corrected chi connectivity index (χ2v) is 7.25. The molecule has 1 aromatic rings. The number of nitrogens with two attached hydrogens (primary N) is 1. The van der Waals surface area contributed by atoms with Crippen LogP contribution in [0.5, 0.6) is 5.75 Å². The maximum atomic E-state index is 12.5. The number of rotatable bonds is 5. The Morgan fingerprint density at radius 2 is 2.04 bits per heavy atom. The van der Waals surface area contributed by atoms with Crippen molar-refractivity contribution < 1.29 is 24.6 Å². The number of fused-ring (bicyclic) bond motifs is 1. The minimum atomic E-state index is -1.17. The zero-order valence-corrected chi connectivity index (χ0v) is 15.3. The van der Waals surface area contributed by atoms with E-state index in [9.17, 15) is 24.6 Å². The highest BCUT2D eigenvalue weighted by Gasteiger charge is 2.54. The summed E-state index contributed by atoms with van der Waals surface area (Å²) in [5, 5.41) is 20.9. The number of aliphatic carboxylic acids is 1. The minimum Gasteiger partial charge on any atom is -0.508 e. The SMILES string of the molecule is C/C=C/C1=C(C(=O)O)N2C(=O)[C@H](NC(=O)[C@H](N)c3ccc(O)cc3)[C@@H]2SC1. The van der Waals surface area contributed by atoms with Gasteiger partial charge in [0.2, 0.25) is 5.91 Å². The van der Waals surface area contributed by atoms with E-state index in [1.807, 2.05) is 0 Å². The molecule has 2 amide bonds. The Hall–Kier alpha value is -2.78. The van der Waals surface area contributed by atoms with Crippen LogP contribution in [-0.4, -0.2) is 50.1 Å². The Morgan fingerprint density at radius 1 is 1.37 bits per heavy atom. The number of phenolic OH excluding ortho intramolecular Hbond substituents is 1. The van der Waals surface area contributed by atoms with Gasteiger partial charge in [0.25, 0.3) is 5.91 Å². The van der Waals surface area contributed by atoms with E-state index < -0.39 is 35.2 Å². The van der Waals surface area contributed by atoms with Crippen molar-refractivity contribution in [3.05, 3.63) is 53.3 Å². The fourth-order valence-corrected chi connectivity index (χ4v) is 4.37. The number of carboxylic acids is 1. The van der Waals surface area contributed by atoms with Gasteiger partial charge in [-0.25, -0.2) is 4.79 Å². The quantitative estimate of drug-likeness (QED) is 0.545. The van der Waals surface area contributed by atoms with Gasteiger partial charge < -0.3 is 21.3 Å². The molecule has 142 valence electrons. The van der Waals surface area contributed by atoms with Gasteiger partial charge in [-0.1, -0.05) is 24.3 Å². The lowest BCUT2D eigenvalue weighted by atomic mass is 10.0. The lowest BCUT2D eigenvalue weighted by molar-refractivity contribution is -0.150. The first-order chi connectivity index (χ1) is 12.8. The van der Waals surface area contributed by atoms with Crippen molar-refractivity contribution in [2.75, 3.05) is 5.75 Å². The number of nitrogens with zero attached hydrogens (tertiary/aromatic N) is 1. The number of carboxylic acid groups (broad SMARTS) is 1. The Labute approximate surface area is 159 Å². The maximum Gasteiger partial charge on any atom is 0.352 e. The van der Waals surface area contributed by atoms with E-state index in [0.717, 1.165) is 0 Å². The smallest absolute Gasteiger partial charge is 0.352 e. The van der Waals surface area contributed by atoms with Crippen LogP contribution >= 0.6 is 11.8 Å². The van der Waals surface area contributed by atoms with Crippen LogP contribution in [0.25, 0.3) is 0 Å². The highest BCUT2D eigenvalue weighted by molar-refractivity contribution is 8.00. The van der Waals surface area contributed by atoms with Crippen molar-refractivity contribution in [3.8, 4) is 5.75 Å². The molecule has 3 rings (SSSR count). The topological polar surface area (TPSA) is 133 Å². The van der Waals surface area contributed by atoms with Crippen LogP contribution in [0.3, 0.4) is 0 Å². The van der Waals surface area contributed by atoms with Gasteiger partial charge in [-0.2, -0.15) is 0 Å². The summed E-state index contributed by atoms with van der Waals surface area (Å²) in [7, 11) is 0. The summed E-state index contributed by atoms with van der Waals surface area (Å²) < 4.78 is 0. The Balaban J connectivity index is 1.74. The molecule has 0 aliphatic carbocycles. The summed E-state index contributed by atoms with van der Waals surface area (Å²) in [5.74, 6) is -1.71. The first-order valence-electron chi connectivity index (χ1n) is 8.24. The lowest BCUT2D eigenvalue weighted by Gasteiger charge is -2.49. The summed E-state index contributed by atoms with van der Waals surface area (Å²) in [4.78, 5) is 37.7. The average molecular weight is 389 g/mol. The summed E-state index contributed by atoms with van der Waals surface area (Å²) in [6.07, 6.45) is 3.39. The Bertz CT molecular complexity index is 849. The molecule has 0 radical (unpaired) electrons. The zero-order chi connectivity index (χ0) is 19.7. The Morgan fingerprint density at radius 3 is 2.63 bits per heavy atom. The van der Waals surface area contributed by atoms with Gasteiger partial charge in [-0.15, -0.1) is 11.8 Å². The van der Waals surface area contributed by atoms with Crippen LogP contribution in [0, 0.1) is 0 Å². The summed E-state index contributed by atoms with van der Waals surface area (Å²) >= 11 is 1.39. The van der Waals surface area contributed by atoms with Gasteiger partial charge in [0.15, 0.2) is 0 Å².